The first-order chi connectivity index (χ1) is 17.3. The molecule has 5 rings (SSSR count). The first kappa shape index (κ1) is 23.2. The highest BCUT2D eigenvalue weighted by Gasteiger charge is 2.31. The summed E-state index contributed by atoms with van der Waals surface area (Å²) in [5.74, 6) is 0.280. The van der Waals surface area contributed by atoms with Crippen molar-refractivity contribution in [3.8, 4) is 11.1 Å². The summed E-state index contributed by atoms with van der Waals surface area (Å²) in [6.45, 7) is 0. The van der Waals surface area contributed by atoms with E-state index in [-0.39, 0.29) is 12.1 Å². The van der Waals surface area contributed by atoms with Crippen LogP contribution in [0.15, 0.2) is 91.8 Å². The molecule has 0 unspecified atom stereocenters. The van der Waals surface area contributed by atoms with Gasteiger partial charge < -0.3 is 9.72 Å². The smallest absolute Gasteiger partial charge is 0.324 e. The molecule has 0 fully saturated rings. The van der Waals surface area contributed by atoms with Crippen molar-refractivity contribution >= 4 is 17.1 Å². The van der Waals surface area contributed by atoms with E-state index in [1.807, 2.05) is 36.7 Å². The van der Waals surface area contributed by atoms with Crippen LogP contribution in [0.3, 0.4) is 0 Å². The number of pyridine rings is 2. The minimum Gasteiger partial charge on any atom is -0.324 e. The van der Waals surface area contributed by atoms with E-state index in [4.69, 9.17) is 0 Å². The summed E-state index contributed by atoms with van der Waals surface area (Å²) in [5, 5.41) is 2.46. The molecule has 6 nitrogen and oxygen atoms in total. The number of hydrogen-bond acceptors (Lipinski definition) is 4. The average Bonchev–Trinajstić information content (AvgIpc) is 3.27. The van der Waals surface area contributed by atoms with Crippen molar-refractivity contribution in [3.05, 3.63) is 114 Å². The Hall–Kier alpha value is -4.53. The molecule has 0 bridgehead atoms. The maximum atomic E-state index is 12.8. The van der Waals surface area contributed by atoms with Crippen molar-refractivity contribution in [2.75, 3.05) is 5.32 Å². The molecule has 0 saturated heterocycles. The SMILES string of the molecule is O=C(Cc1ccc(-c2cnc(Cc3ccn4ccccc34)nc2)cc1)Nc1cncc(C(F)(F)F)c1. The molecule has 0 spiro atoms. The predicted molar refractivity (Wildman–Crippen MR) is 129 cm³/mol. The number of nitrogens with zero attached hydrogens (tertiary/aromatic N) is 4. The Bertz CT molecular complexity index is 1510. The Labute approximate surface area is 204 Å². The van der Waals surface area contributed by atoms with Gasteiger partial charge in [0.2, 0.25) is 5.91 Å². The fourth-order valence-corrected chi connectivity index (χ4v) is 3.90. The number of rotatable bonds is 6. The summed E-state index contributed by atoms with van der Waals surface area (Å²) in [4.78, 5) is 24.9. The standard InChI is InChI=1S/C27H20F3N5O/c28-27(29,30)22-13-23(17-31-16-22)34-26(36)11-18-4-6-19(7-5-18)21-14-32-25(33-15-21)12-20-8-10-35-9-2-1-3-24(20)35/h1-10,13-17H,11-12H2,(H,34,36). The monoisotopic (exact) mass is 487 g/mol. The Morgan fingerprint density at radius 3 is 2.42 bits per heavy atom. The zero-order valence-electron chi connectivity index (χ0n) is 18.9. The first-order valence-corrected chi connectivity index (χ1v) is 11.1. The molecule has 36 heavy (non-hydrogen) atoms. The number of halogens is 3. The number of nitrogens with one attached hydrogen (secondary N) is 1. The van der Waals surface area contributed by atoms with Gasteiger partial charge in [-0.3, -0.25) is 9.78 Å². The van der Waals surface area contributed by atoms with E-state index in [1.54, 1.807) is 24.5 Å². The number of carbonyl (C=O) groups excluding carboxylic acids is 1. The second kappa shape index (κ2) is 9.61. The molecule has 5 aromatic rings. The summed E-state index contributed by atoms with van der Waals surface area (Å²) in [5.41, 5.74) is 3.79. The Morgan fingerprint density at radius 1 is 0.889 bits per heavy atom. The largest absolute Gasteiger partial charge is 0.417 e. The van der Waals surface area contributed by atoms with E-state index in [9.17, 15) is 18.0 Å². The van der Waals surface area contributed by atoms with Crippen molar-refractivity contribution in [3.63, 3.8) is 0 Å². The minimum absolute atomic E-state index is 0.00276. The highest BCUT2D eigenvalue weighted by atomic mass is 19.4. The van der Waals surface area contributed by atoms with E-state index in [1.165, 1.54) is 6.20 Å². The highest BCUT2D eigenvalue weighted by molar-refractivity contribution is 5.92. The van der Waals surface area contributed by atoms with Crippen LogP contribution in [0.25, 0.3) is 16.6 Å². The lowest BCUT2D eigenvalue weighted by atomic mass is 10.0. The van der Waals surface area contributed by atoms with Gasteiger partial charge in [-0.25, -0.2) is 9.97 Å². The summed E-state index contributed by atoms with van der Waals surface area (Å²) in [7, 11) is 0. The number of alkyl halides is 3. The van der Waals surface area contributed by atoms with Crippen LogP contribution >= 0.6 is 0 Å². The van der Waals surface area contributed by atoms with Crippen LogP contribution in [0.1, 0.15) is 22.5 Å². The molecule has 0 aliphatic rings. The van der Waals surface area contributed by atoms with E-state index >= 15 is 0 Å². The molecule has 0 saturated carbocycles. The van der Waals surface area contributed by atoms with E-state index in [0.29, 0.717) is 24.0 Å². The van der Waals surface area contributed by atoms with Crippen LogP contribution in [0.4, 0.5) is 18.9 Å². The van der Waals surface area contributed by atoms with Crippen LogP contribution in [-0.2, 0) is 23.8 Å². The van der Waals surface area contributed by atoms with Gasteiger partial charge in [0.05, 0.1) is 23.9 Å². The predicted octanol–water partition coefficient (Wildman–Crippen LogP) is 5.58. The number of carbonyl (C=O) groups is 1. The number of anilines is 1. The summed E-state index contributed by atoms with van der Waals surface area (Å²) < 4.78 is 40.5. The fraction of sp³-hybridized carbons (Fsp3) is 0.111. The Balaban J connectivity index is 1.21. The van der Waals surface area contributed by atoms with Crippen LogP contribution in [0.2, 0.25) is 0 Å². The third-order valence-electron chi connectivity index (χ3n) is 5.71. The van der Waals surface area contributed by atoms with Gasteiger partial charge >= 0.3 is 6.18 Å². The molecule has 9 heteroatoms. The summed E-state index contributed by atoms with van der Waals surface area (Å²) in [6, 6.07) is 16.2. The molecule has 0 radical (unpaired) electrons. The molecule has 1 amide bonds. The molecule has 0 aliphatic heterocycles. The van der Waals surface area contributed by atoms with Gasteiger partial charge in [-0.1, -0.05) is 30.3 Å². The second-order valence-corrected chi connectivity index (χ2v) is 8.28. The first-order valence-electron chi connectivity index (χ1n) is 11.1. The van der Waals surface area contributed by atoms with Crippen molar-refractivity contribution in [1.29, 1.82) is 0 Å². The molecular weight excluding hydrogens is 467 g/mol. The summed E-state index contributed by atoms with van der Waals surface area (Å²) in [6.07, 6.45) is 5.55. The van der Waals surface area contributed by atoms with E-state index in [0.717, 1.165) is 28.3 Å². The lowest BCUT2D eigenvalue weighted by molar-refractivity contribution is -0.137. The number of fused-ring (bicyclic) bond motifs is 1. The molecule has 180 valence electrons. The van der Waals surface area contributed by atoms with Gasteiger partial charge in [0.15, 0.2) is 0 Å². The van der Waals surface area contributed by atoms with Gasteiger partial charge in [-0.15, -0.1) is 0 Å². The molecule has 4 heterocycles. The third kappa shape index (κ3) is 5.25. The van der Waals surface area contributed by atoms with Crippen molar-refractivity contribution < 1.29 is 18.0 Å². The number of benzene rings is 1. The van der Waals surface area contributed by atoms with E-state index in [2.05, 4.69) is 36.8 Å². The van der Waals surface area contributed by atoms with E-state index < -0.39 is 17.6 Å². The molecule has 0 aliphatic carbocycles. The van der Waals surface area contributed by atoms with Crippen LogP contribution in [-0.4, -0.2) is 25.3 Å². The van der Waals surface area contributed by atoms with Crippen LogP contribution in [0.5, 0.6) is 0 Å². The zero-order chi connectivity index (χ0) is 25.1. The maximum Gasteiger partial charge on any atom is 0.417 e. The minimum atomic E-state index is -4.53. The normalized spacial score (nSPS) is 11.5. The lowest BCUT2D eigenvalue weighted by Gasteiger charge is -2.09. The number of aromatic nitrogens is 4. The zero-order valence-corrected chi connectivity index (χ0v) is 18.9. The Morgan fingerprint density at radius 2 is 1.67 bits per heavy atom. The molecule has 0 atom stereocenters. The Kier molecular flexibility index (Phi) is 6.20. The van der Waals surface area contributed by atoms with Crippen molar-refractivity contribution in [2.24, 2.45) is 0 Å². The third-order valence-corrected chi connectivity index (χ3v) is 5.71. The van der Waals surface area contributed by atoms with Crippen LogP contribution < -0.4 is 5.32 Å². The quantitative estimate of drug-likeness (QED) is 0.339. The molecular formula is C27H20F3N5O. The lowest BCUT2D eigenvalue weighted by Crippen LogP contribution is -2.15. The molecule has 4 aromatic heterocycles. The van der Waals surface area contributed by atoms with Gasteiger partial charge in [0.1, 0.15) is 5.82 Å². The topological polar surface area (TPSA) is 72.2 Å². The average molecular weight is 487 g/mol. The second-order valence-electron chi connectivity index (χ2n) is 8.28. The van der Waals surface area contributed by atoms with Gasteiger partial charge in [-0.05, 0) is 41.0 Å². The highest BCUT2D eigenvalue weighted by Crippen LogP contribution is 2.30. The molecule has 1 aromatic carbocycles. The number of hydrogen-bond donors (Lipinski definition) is 1. The van der Waals surface area contributed by atoms with Crippen molar-refractivity contribution in [1.82, 2.24) is 19.4 Å². The van der Waals surface area contributed by atoms with Gasteiger partial charge in [-0.2, -0.15) is 13.2 Å². The van der Waals surface area contributed by atoms with Gasteiger partial charge in [0.25, 0.3) is 0 Å². The number of amides is 1. The van der Waals surface area contributed by atoms with Crippen molar-refractivity contribution in [2.45, 2.75) is 19.0 Å². The van der Waals surface area contributed by atoms with Gasteiger partial charge in [0, 0.05) is 48.5 Å². The molecule has 1 N–H and O–H groups in total. The fourth-order valence-electron chi connectivity index (χ4n) is 3.90. The van der Waals surface area contributed by atoms with Crippen LogP contribution in [0, 0.1) is 0 Å². The maximum absolute atomic E-state index is 12.8. The summed E-state index contributed by atoms with van der Waals surface area (Å²) >= 11 is 0.